The van der Waals surface area contributed by atoms with E-state index in [0.717, 1.165) is 12.8 Å². The van der Waals surface area contributed by atoms with Crippen LogP contribution in [-0.4, -0.2) is 29.7 Å². The smallest absolute Gasteiger partial charge is 0.146 e. The number of rotatable bonds is 7. The van der Waals surface area contributed by atoms with Crippen LogP contribution in [-0.2, 0) is 4.79 Å². The van der Waals surface area contributed by atoms with Gasteiger partial charge in [0.2, 0.25) is 0 Å². The van der Waals surface area contributed by atoms with Crippen LogP contribution in [0, 0.1) is 0 Å². The third-order valence-electron chi connectivity index (χ3n) is 2.03. The normalized spacial score (nSPS) is 15.6. The molecule has 0 saturated carbocycles. The van der Waals surface area contributed by atoms with E-state index in [1.807, 2.05) is 13.8 Å². The van der Waals surface area contributed by atoms with Gasteiger partial charge in [-0.25, -0.2) is 0 Å². The predicted octanol–water partition coefficient (Wildman–Crippen LogP) is 0.979. The maximum Gasteiger partial charge on any atom is 0.146 e. The predicted molar refractivity (Wildman–Crippen MR) is 63.8 cm³/mol. The highest BCUT2D eigenvalue weighted by Gasteiger charge is 2.18. The molecule has 3 nitrogen and oxygen atoms in total. The molecule has 0 heterocycles. The van der Waals surface area contributed by atoms with Crippen molar-refractivity contribution in [3.8, 4) is 0 Å². The standard InChI is InChI=1S/C10H22N2OS/c1-7(2)12-10(8(3)13)6-9(14)4-5-11/h7,9-10,12,14H,4-6,11H2,1-3H3. The second-order valence-corrected chi connectivity index (χ2v) is 4.68. The molecule has 0 rings (SSSR count). The summed E-state index contributed by atoms with van der Waals surface area (Å²) in [6.07, 6.45) is 1.61. The van der Waals surface area contributed by atoms with Crippen LogP contribution in [0.3, 0.4) is 0 Å². The van der Waals surface area contributed by atoms with Gasteiger partial charge in [0.1, 0.15) is 5.78 Å². The Bertz CT molecular complexity index is 174. The molecule has 0 aliphatic heterocycles. The maximum atomic E-state index is 11.3. The van der Waals surface area contributed by atoms with Crippen molar-refractivity contribution in [3.63, 3.8) is 0 Å². The van der Waals surface area contributed by atoms with Gasteiger partial charge in [0.15, 0.2) is 0 Å². The highest BCUT2D eigenvalue weighted by Crippen LogP contribution is 2.10. The first-order valence-electron chi connectivity index (χ1n) is 5.12. The first-order valence-corrected chi connectivity index (χ1v) is 5.63. The Kier molecular flexibility index (Phi) is 7.23. The minimum Gasteiger partial charge on any atom is -0.330 e. The van der Waals surface area contributed by atoms with Gasteiger partial charge in [-0.2, -0.15) is 12.6 Å². The van der Waals surface area contributed by atoms with Crippen molar-refractivity contribution < 1.29 is 4.79 Å². The number of nitrogens with two attached hydrogens (primary N) is 1. The van der Waals surface area contributed by atoms with E-state index in [2.05, 4.69) is 17.9 Å². The molecule has 0 amide bonds. The number of carbonyl (C=O) groups excluding carboxylic acids is 1. The van der Waals surface area contributed by atoms with E-state index in [1.165, 1.54) is 0 Å². The number of hydrogen-bond donors (Lipinski definition) is 3. The molecule has 3 N–H and O–H groups in total. The minimum atomic E-state index is -0.0796. The average Bonchev–Trinajstić information content (AvgIpc) is 2.02. The summed E-state index contributed by atoms with van der Waals surface area (Å²) in [4.78, 5) is 11.3. The number of thiol groups is 1. The summed E-state index contributed by atoms with van der Waals surface area (Å²) in [6, 6.07) is 0.242. The molecule has 0 aliphatic rings. The number of carbonyl (C=O) groups is 1. The molecule has 14 heavy (non-hydrogen) atoms. The van der Waals surface area contributed by atoms with Crippen LogP contribution in [0.1, 0.15) is 33.6 Å². The zero-order valence-corrected chi connectivity index (χ0v) is 10.2. The molecule has 4 heteroatoms. The third-order valence-corrected chi connectivity index (χ3v) is 2.50. The fraction of sp³-hybridized carbons (Fsp3) is 0.900. The van der Waals surface area contributed by atoms with Crippen LogP contribution in [0.4, 0.5) is 0 Å². The molecule has 0 aliphatic carbocycles. The van der Waals surface area contributed by atoms with E-state index in [-0.39, 0.29) is 17.1 Å². The van der Waals surface area contributed by atoms with Gasteiger partial charge in [-0.05, 0) is 26.3 Å². The second-order valence-electron chi connectivity index (χ2n) is 3.95. The molecule has 2 unspecified atom stereocenters. The van der Waals surface area contributed by atoms with Crippen molar-refractivity contribution in [2.75, 3.05) is 6.54 Å². The Labute approximate surface area is 92.2 Å². The van der Waals surface area contributed by atoms with Crippen LogP contribution in [0.15, 0.2) is 0 Å². The molecule has 0 fully saturated rings. The highest BCUT2D eigenvalue weighted by molar-refractivity contribution is 7.80. The van der Waals surface area contributed by atoms with Crippen molar-refractivity contribution >= 4 is 18.4 Å². The highest BCUT2D eigenvalue weighted by atomic mass is 32.1. The lowest BCUT2D eigenvalue weighted by Crippen LogP contribution is -2.41. The van der Waals surface area contributed by atoms with Crippen LogP contribution < -0.4 is 11.1 Å². The van der Waals surface area contributed by atoms with Crippen molar-refractivity contribution in [1.82, 2.24) is 5.32 Å². The molecule has 0 saturated heterocycles. The summed E-state index contributed by atoms with van der Waals surface area (Å²) in [5, 5.41) is 3.44. The number of nitrogens with one attached hydrogen (secondary N) is 1. The topological polar surface area (TPSA) is 55.1 Å². The Morgan fingerprint density at radius 1 is 1.50 bits per heavy atom. The number of hydrogen-bond acceptors (Lipinski definition) is 4. The summed E-state index contributed by atoms with van der Waals surface area (Å²) in [7, 11) is 0. The second kappa shape index (κ2) is 7.26. The summed E-state index contributed by atoms with van der Waals surface area (Å²) >= 11 is 4.39. The SMILES string of the molecule is CC(=O)C(CC(S)CCN)NC(C)C. The van der Waals surface area contributed by atoms with Crippen LogP contribution >= 0.6 is 12.6 Å². The monoisotopic (exact) mass is 218 g/mol. The van der Waals surface area contributed by atoms with Gasteiger partial charge in [0.05, 0.1) is 6.04 Å². The van der Waals surface area contributed by atoms with Crippen LogP contribution in [0.25, 0.3) is 0 Å². The number of ketones is 1. The van der Waals surface area contributed by atoms with Gasteiger partial charge in [-0.15, -0.1) is 0 Å². The lowest BCUT2D eigenvalue weighted by molar-refractivity contribution is -0.119. The first-order chi connectivity index (χ1) is 6.47. The Morgan fingerprint density at radius 2 is 2.07 bits per heavy atom. The van der Waals surface area contributed by atoms with Gasteiger partial charge >= 0.3 is 0 Å². The molecular weight excluding hydrogens is 196 g/mol. The van der Waals surface area contributed by atoms with E-state index in [4.69, 9.17) is 5.73 Å². The molecule has 0 radical (unpaired) electrons. The molecular formula is C10H22N2OS. The van der Waals surface area contributed by atoms with Crippen molar-refractivity contribution in [1.29, 1.82) is 0 Å². The van der Waals surface area contributed by atoms with Crippen molar-refractivity contribution in [2.24, 2.45) is 5.73 Å². The molecule has 0 bridgehead atoms. The lowest BCUT2D eigenvalue weighted by Gasteiger charge is -2.21. The first kappa shape index (κ1) is 13.9. The van der Waals surface area contributed by atoms with E-state index in [9.17, 15) is 4.79 Å². The average molecular weight is 218 g/mol. The van der Waals surface area contributed by atoms with Gasteiger partial charge < -0.3 is 11.1 Å². The Morgan fingerprint density at radius 3 is 2.43 bits per heavy atom. The van der Waals surface area contributed by atoms with Gasteiger partial charge in [0.25, 0.3) is 0 Å². The molecule has 0 spiro atoms. The zero-order valence-electron chi connectivity index (χ0n) is 9.29. The van der Waals surface area contributed by atoms with E-state index in [1.54, 1.807) is 6.92 Å². The molecule has 0 aromatic rings. The largest absolute Gasteiger partial charge is 0.330 e. The summed E-state index contributed by atoms with van der Waals surface area (Å²) in [5.41, 5.74) is 5.43. The van der Waals surface area contributed by atoms with E-state index < -0.39 is 0 Å². The Balaban J connectivity index is 4.02. The lowest BCUT2D eigenvalue weighted by atomic mass is 10.0. The zero-order chi connectivity index (χ0) is 11.1. The maximum absolute atomic E-state index is 11.3. The minimum absolute atomic E-state index is 0.0796. The fourth-order valence-electron chi connectivity index (χ4n) is 1.34. The van der Waals surface area contributed by atoms with Crippen molar-refractivity contribution in [3.05, 3.63) is 0 Å². The van der Waals surface area contributed by atoms with Crippen molar-refractivity contribution in [2.45, 2.75) is 50.9 Å². The van der Waals surface area contributed by atoms with Crippen LogP contribution in [0.5, 0.6) is 0 Å². The molecule has 0 aromatic carbocycles. The summed E-state index contributed by atoms with van der Waals surface area (Å²) < 4.78 is 0. The summed E-state index contributed by atoms with van der Waals surface area (Å²) in [5.74, 6) is 0.176. The molecule has 2 atom stereocenters. The van der Waals surface area contributed by atoms with E-state index in [0.29, 0.717) is 12.6 Å². The van der Waals surface area contributed by atoms with Gasteiger partial charge in [0, 0.05) is 11.3 Å². The molecule has 0 aromatic heterocycles. The molecule has 84 valence electrons. The van der Waals surface area contributed by atoms with Gasteiger partial charge in [-0.3, -0.25) is 4.79 Å². The van der Waals surface area contributed by atoms with E-state index >= 15 is 0 Å². The quantitative estimate of drug-likeness (QED) is 0.558. The Hall–Kier alpha value is -0.0600. The van der Waals surface area contributed by atoms with Crippen LogP contribution in [0.2, 0.25) is 0 Å². The van der Waals surface area contributed by atoms with Gasteiger partial charge in [-0.1, -0.05) is 13.8 Å². The number of Topliss-reactive ketones (excluding diaryl/α,β-unsaturated/α-hetero) is 1. The third kappa shape index (κ3) is 6.40. The summed E-state index contributed by atoms with van der Waals surface area (Å²) in [6.45, 7) is 6.31. The fourth-order valence-corrected chi connectivity index (χ4v) is 1.70.